The lowest BCUT2D eigenvalue weighted by Gasteiger charge is -2.31. The number of nitrogens with two attached hydrogens (primary N) is 1. The SMILES string of the molecule is COc1cc(C(=O)N(C(C)C)C(C)C)ccc1OCCCCCOc1ccc(C=NN)cc1.O=C(O)/C=C\C(=O)O. The van der Waals surface area contributed by atoms with Crippen LogP contribution in [0.5, 0.6) is 17.2 Å². The van der Waals surface area contributed by atoms with Gasteiger partial charge in [0.1, 0.15) is 5.75 Å². The maximum absolute atomic E-state index is 12.9. The third kappa shape index (κ3) is 13.4. The summed E-state index contributed by atoms with van der Waals surface area (Å²) >= 11 is 0. The number of carboxylic acids is 2. The summed E-state index contributed by atoms with van der Waals surface area (Å²) < 4.78 is 17.1. The molecule has 0 fully saturated rings. The molecule has 0 aliphatic heterocycles. The van der Waals surface area contributed by atoms with Crippen molar-refractivity contribution in [1.29, 1.82) is 0 Å². The Morgan fingerprint density at radius 1 is 0.854 bits per heavy atom. The fraction of sp³-hybridized carbons (Fsp3) is 0.400. The molecule has 4 N–H and O–H groups in total. The summed E-state index contributed by atoms with van der Waals surface area (Å²) in [6.07, 6.45) is 5.52. The van der Waals surface area contributed by atoms with E-state index >= 15 is 0 Å². The molecule has 0 aliphatic rings. The molecule has 1 amide bonds. The van der Waals surface area contributed by atoms with Gasteiger partial charge in [0, 0.05) is 29.8 Å². The van der Waals surface area contributed by atoms with Gasteiger partial charge in [0.05, 0.1) is 26.5 Å². The van der Waals surface area contributed by atoms with Crippen LogP contribution < -0.4 is 20.1 Å². The Bertz CT molecular complexity index is 1140. The Morgan fingerprint density at radius 2 is 1.41 bits per heavy atom. The molecule has 0 atom stereocenters. The maximum atomic E-state index is 12.9. The van der Waals surface area contributed by atoms with Gasteiger partial charge in [-0.1, -0.05) is 0 Å². The summed E-state index contributed by atoms with van der Waals surface area (Å²) in [6.45, 7) is 9.30. The fourth-order valence-corrected chi connectivity index (χ4v) is 3.77. The van der Waals surface area contributed by atoms with Crippen molar-refractivity contribution in [1.82, 2.24) is 4.90 Å². The molecule has 0 aromatic heterocycles. The van der Waals surface area contributed by atoms with Crippen LogP contribution in [-0.2, 0) is 9.59 Å². The van der Waals surface area contributed by atoms with E-state index in [4.69, 9.17) is 30.3 Å². The van der Waals surface area contributed by atoms with Crippen LogP contribution in [0.1, 0.15) is 62.9 Å². The van der Waals surface area contributed by atoms with Crippen molar-refractivity contribution in [3.05, 3.63) is 65.7 Å². The number of benzene rings is 2. The molecule has 11 heteroatoms. The topological polar surface area (TPSA) is 161 Å². The van der Waals surface area contributed by atoms with Crippen molar-refractivity contribution in [3.63, 3.8) is 0 Å². The number of carbonyl (C=O) groups is 3. The average molecular weight is 572 g/mol. The van der Waals surface area contributed by atoms with Gasteiger partial charge in [0.25, 0.3) is 5.91 Å². The number of rotatable bonds is 15. The molecule has 0 unspecified atom stereocenters. The van der Waals surface area contributed by atoms with Crippen molar-refractivity contribution in [2.45, 2.75) is 59.0 Å². The highest BCUT2D eigenvalue weighted by atomic mass is 16.5. The first-order chi connectivity index (χ1) is 19.5. The average Bonchev–Trinajstić information content (AvgIpc) is 2.92. The van der Waals surface area contributed by atoms with Crippen LogP contribution in [0.25, 0.3) is 0 Å². The number of hydrogen-bond acceptors (Lipinski definition) is 8. The van der Waals surface area contributed by atoms with Crippen molar-refractivity contribution in [2.24, 2.45) is 10.9 Å². The Kier molecular flexibility index (Phi) is 15.7. The second-order valence-electron chi connectivity index (χ2n) is 9.38. The second-order valence-corrected chi connectivity index (χ2v) is 9.38. The highest BCUT2D eigenvalue weighted by Gasteiger charge is 2.22. The van der Waals surface area contributed by atoms with Gasteiger partial charge < -0.3 is 35.2 Å². The number of carboxylic acid groups (broad SMARTS) is 2. The molecular weight excluding hydrogens is 530 g/mol. The van der Waals surface area contributed by atoms with E-state index in [-0.39, 0.29) is 18.0 Å². The Labute approximate surface area is 241 Å². The largest absolute Gasteiger partial charge is 0.494 e. The second kappa shape index (κ2) is 18.7. The molecule has 0 spiro atoms. The summed E-state index contributed by atoms with van der Waals surface area (Å²) in [4.78, 5) is 33.9. The molecule has 0 heterocycles. The van der Waals surface area contributed by atoms with Crippen LogP contribution >= 0.6 is 0 Å². The summed E-state index contributed by atoms with van der Waals surface area (Å²) in [5.74, 6) is 4.66. The minimum atomic E-state index is -1.26. The first-order valence-corrected chi connectivity index (χ1v) is 13.2. The van der Waals surface area contributed by atoms with E-state index in [1.54, 1.807) is 25.5 Å². The molecule has 41 heavy (non-hydrogen) atoms. The predicted octanol–water partition coefficient (Wildman–Crippen LogP) is 4.59. The summed E-state index contributed by atoms with van der Waals surface area (Å²) in [7, 11) is 1.59. The summed E-state index contributed by atoms with van der Waals surface area (Å²) in [5, 5.41) is 19.1. The van der Waals surface area contributed by atoms with Crippen LogP contribution in [-0.4, -0.2) is 71.6 Å². The number of amides is 1. The molecule has 2 aromatic carbocycles. The van der Waals surface area contributed by atoms with Gasteiger partial charge >= 0.3 is 11.9 Å². The number of carbonyl (C=O) groups excluding carboxylic acids is 1. The van der Waals surface area contributed by atoms with E-state index in [2.05, 4.69) is 5.10 Å². The lowest BCUT2D eigenvalue weighted by molar-refractivity contribution is -0.134. The van der Waals surface area contributed by atoms with Crippen LogP contribution in [0.2, 0.25) is 0 Å². The minimum Gasteiger partial charge on any atom is -0.494 e. The predicted molar refractivity (Wildman–Crippen MR) is 157 cm³/mol. The Hall–Kier alpha value is -4.54. The number of methoxy groups -OCH3 is 1. The molecule has 2 rings (SSSR count). The number of nitrogens with zero attached hydrogens (tertiary/aromatic N) is 2. The first-order valence-electron chi connectivity index (χ1n) is 13.2. The number of ether oxygens (including phenoxy) is 3. The molecule has 0 radical (unpaired) electrons. The van der Waals surface area contributed by atoms with Crippen molar-refractivity contribution in [3.8, 4) is 17.2 Å². The zero-order chi connectivity index (χ0) is 30.8. The van der Waals surface area contributed by atoms with E-state index in [0.29, 0.717) is 42.4 Å². The van der Waals surface area contributed by atoms with Crippen LogP contribution in [0.15, 0.2) is 59.7 Å². The van der Waals surface area contributed by atoms with Gasteiger partial charge in [-0.2, -0.15) is 5.10 Å². The van der Waals surface area contributed by atoms with E-state index < -0.39 is 11.9 Å². The first kappa shape index (κ1) is 34.5. The third-order valence-corrected chi connectivity index (χ3v) is 5.54. The number of aliphatic carboxylic acids is 2. The minimum absolute atomic E-state index is 0.00741. The van der Waals surface area contributed by atoms with E-state index in [1.165, 1.54) is 0 Å². The van der Waals surface area contributed by atoms with E-state index in [1.807, 2.05) is 62.9 Å². The zero-order valence-corrected chi connectivity index (χ0v) is 24.3. The quantitative estimate of drug-likeness (QED) is 0.0913. The van der Waals surface area contributed by atoms with Gasteiger partial charge in [-0.25, -0.2) is 9.59 Å². The Morgan fingerprint density at radius 3 is 1.90 bits per heavy atom. The highest BCUT2D eigenvalue weighted by molar-refractivity contribution is 5.95. The summed E-state index contributed by atoms with van der Waals surface area (Å²) in [6, 6.07) is 13.2. The normalized spacial score (nSPS) is 10.9. The fourth-order valence-electron chi connectivity index (χ4n) is 3.77. The maximum Gasteiger partial charge on any atom is 0.328 e. The third-order valence-electron chi connectivity index (χ3n) is 5.54. The molecule has 0 bridgehead atoms. The Balaban J connectivity index is 0.000000915. The summed E-state index contributed by atoms with van der Waals surface area (Å²) in [5.41, 5.74) is 1.54. The van der Waals surface area contributed by atoms with Gasteiger partial charge in [0.2, 0.25) is 0 Å². The number of hydrogen-bond donors (Lipinski definition) is 3. The van der Waals surface area contributed by atoms with Gasteiger partial charge in [0.15, 0.2) is 11.5 Å². The van der Waals surface area contributed by atoms with E-state index in [9.17, 15) is 14.4 Å². The van der Waals surface area contributed by atoms with Crippen LogP contribution in [0.3, 0.4) is 0 Å². The number of hydrazone groups is 1. The molecule has 2 aromatic rings. The lowest BCUT2D eigenvalue weighted by Crippen LogP contribution is -2.42. The molecule has 224 valence electrons. The lowest BCUT2D eigenvalue weighted by atomic mass is 10.1. The van der Waals surface area contributed by atoms with Crippen LogP contribution in [0, 0.1) is 0 Å². The smallest absolute Gasteiger partial charge is 0.328 e. The molecule has 11 nitrogen and oxygen atoms in total. The molecule has 0 aliphatic carbocycles. The molecule has 0 saturated carbocycles. The molecule has 0 saturated heterocycles. The van der Waals surface area contributed by atoms with Crippen LogP contribution in [0.4, 0.5) is 0 Å². The van der Waals surface area contributed by atoms with Crippen molar-refractivity contribution < 1.29 is 38.8 Å². The standard InChI is InChI=1S/C26H37N3O4.C4H4O4/c1-19(2)29(20(3)4)26(30)22-11-14-24(25(17-22)31-5)33-16-8-6-7-15-32-23-12-9-21(10-13-23)18-28-27;5-3(6)1-2-4(7)8/h9-14,17-20H,6-8,15-16,27H2,1-5H3;1-2H,(H,5,6)(H,7,8)/b;2-1-. The zero-order valence-electron chi connectivity index (χ0n) is 24.3. The molecular formula is C30H41N3O8. The van der Waals surface area contributed by atoms with Crippen molar-refractivity contribution in [2.75, 3.05) is 20.3 Å². The van der Waals surface area contributed by atoms with Gasteiger partial charge in [-0.15, -0.1) is 0 Å². The highest BCUT2D eigenvalue weighted by Crippen LogP contribution is 2.29. The number of unbranched alkanes of at least 4 members (excludes halogenated alkanes) is 2. The van der Waals surface area contributed by atoms with Crippen molar-refractivity contribution >= 4 is 24.1 Å². The van der Waals surface area contributed by atoms with Gasteiger partial charge in [-0.3, -0.25) is 4.79 Å². The monoisotopic (exact) mass is 571 g/mol. The van der Waals surface area contributed by atoms with Gasteiger partial charge in [-0.05, 0) is 95.0 Å². The van der Waals surface area contributed by atoms with E-state index in [0.717, 1.165) is 30.6 Å².